The molecular formula is C19H29NS. The summed E-state index contributed by atoms with van der Waals surface area (Å²) < 4.78 is 0. The van der Waals surface area contributed by atoms with Crippen LogP contribution in [0.2, 0.25) is 0 Å². The van der Waals surface area contributed by atoms with E-state index < -0.39 is 0 Å². The van der Waals surface area contributed by atoms with E-state index in [0.29, 0.717) is 0 Å². The molecule has 0 spiro atoms. The molecule has 0 amide bonds. The second-order valence-corrected chi connectivity index (χ2v) is 5.60. The molecule has 0 unspecified atom stereocenters. The average molecular weight is 304 g/mol. The van der Waals surface area contributed by atoms with E-state index in [2.05, 4.69) is 52.5 Å². The maximum absolute atomic E-state index is 5.64. The molecule has 0 aliphatic carbocycles. The largest absolute Gasteiger partial charge is 0.399 e. The van der Waals surface area contributed by atoms with E-state index in [4.69, 9.17) is 5.73 Å². The van der Waals surface area contributed by atoms with Crippen LogP contribution >= 0.6 is 12.6 Å². The standard InChI is InChI=1S/C9H13N.C7H8S.C3H8/c1-3-8-4-5-9(10)7(2)6-8;1-6-2-4-7(8)5-3-6;1-3-2/h4-6H,3,10H2,1-2H3;2-5,8H,1H3;3H2,1-2H3. The lowest BCUT2D eigenvalue weighted by molar-refractivity contribution is 1.09. The number of thiol groups is 1. The van der Waals surface area contributed by atoms with Crippen molar-refractivity contribution < 1.29 is 0 Å². The van der Waals surface area contributed by atoms with Crippen molar-refractivity contribution in [2.24, 2.45) is 0 Å². The molecule has 0 heterocycles. The molecule has 116 valence electrons. The van der Waals surface area contributed by atoms with E-state index in [1.54, 1.807) is 0 Å². The van der Waals surface area contributed by atoms with Gasteiger partial charge in [0.05, 0.1) is 0 Å². The van der Waals surface area contributed by atoms with Crippen molar-refractivity contribution in [2.45, 2.75) is 52.4 Å². The summed E-state index contributed by atoms with van der Waals surface area (Å²) in [6.45, 7) is 10.5. The number of anilines is 1. The van der Waals surface area contributed by atoms with Crippen LogP contribution in [0.4, 0.5) is 5.69 Å². The third kappa shape index (κ3) is 9.19. The van der Waals surface area contributed by atoms with Gasteiger partial charge in [0.15, 0.2) is 0 Å². The van der Waals surface area contributed by atoms with E-state index in [0.717, 1.165) is 17.0 Å². The van der Waals surface area contributed by atoms with Gasteiger partial charge in [0.2, 0.25) is 0 Å². The first-order valence-corrected chi connectivity index (χ1v) is 7.99. The smallest absolute Gasteiger partial charge is 0.0343 e. The first-order valence-electron chi connectivity index (χ1n) is 7.55. The Morgan fingerprint density at radius 3 is 1.81 bits per heavy atom. The summed E-state index contributed by atoms with van der Waals surface area (Å²) >= 11 is 4.13. The lowest BCUT2D eigenvalue weighted by Gasteiger charge is -2.01. The zero-order chi connectivity index (χ0) is 16.3. The van der Waals surface area contributed by atoms with Crippen molar-refractivity contribution in [2.75, 3.05) is 5.73 Å². The molecule has 2 aromatic rings. The van der Waals surface area contributed by atoms with Crippen LogP contribution in [-0.2, 0) is 6.42 Å². The summed E-state index contributed by atoms with van der Waals surface area (Å²) in [5, 5.41) is 0. The van der Waals surface area contributed by atoms with Crippen molar-refractivity contribution in [3.8, 4) is 0 Å². The van der Waals surface area contributed by atoms with Gasteiger partial charge in [-0.3, -0.25) is 0 Å². The summed E-state index contributed by atoms with van der Waals surface area (Å²) in [7, 11) is 0. The highest BCUT2D eigenvalue weighted by Gasteiger charge is 1.92. The van der Waals surface area contributed by atoms with Gasteiger partial charge in [0.1, 0.15) is 0 Å². The second-order valence-electron chi connectivity index (χ2n) is 5.09. The van der Waals surface area contributed by atoms with Crippen LogP contribution in [0.3, 0.4) is 0 Å². The van der Waals surface area contributed by atoms with Gasteiger partial charge in [-0.2, -0.15) is 0 Å². The molecule has 0 aromatic heterocycles. The first-order chi connectivity index (χ1) is 9.94. The number of rotatable bonds is 1. The van der Waals surface area contributed by atoms with E-state index in [1.807, 2.05) is 37.3 Å². The number of hydrogen-bond donors (Lipinski definition) is 2. The minimum absolute atomic E-state index is 0.886. The van der Waals surface area contributed by atoms with Gasteiger partial charge in [0.25, 0.3) is 0 Å². The van der Waals surface area contributed by atoms with Gasteiger partial charge in [-0.05, 0) is 49.6 Å². The lowest BCUT2D eigenvalue weighted by atomic mass is 10.1. The molecule has 2 aromatic carbocycles. The van der Waals surface area contributed by atoms with Crippen LogP contribution in [0.1, 0.15) is 43.9 Å². The van der Waals surface area contributed by atoms with Crippen molar-refractivity contribution >= 4 is 18.3 Å². The quantitative estimate of drug-likeness (QED) is 0.502. The van der Waals surface area contributed by atoms with Crippen molar-refractivity contribution in [1.29, 1.82) is 0 Å². The van der Waals surface area contributed by atoms with E-state index >= 15 is 0 Å². The lowest BCUT2D eigenvalue weighted by Crippen LogP contribution is -1.90. The molecule has 0 fully saturated rings. The van der Waals surface area contributed by atoms with Gasteiger partial charge in [0, 0.05) is 10.6 Å². The molecule has 1 nitrogen and oxygen atoms in total. The summed E-state index contributed by atoms with van der Waals surface area (Å²) in [4.78, 5) is 1.02. The number of aryl methyl sites for hydroxylation is 3. The maximum Gasteiger partial charge on any atom is 0.0343 e. The molecule has 0 saturated carbocycles. The van der Waals surface area contributed by atoms with Crippen LogP contribution in [0, 0.1) is 13.8 Å². The van der Waals surface area contributed by atoms with Gasteiger partial charge < -0.3 is 5.73 Å². The predicted octanol–water partition coefficient (Wildman–Crippen LogP) is 5.84. The number of benzene rings is 2. The molecule has 21 heavy (non-hydrogen) atoms. The third-order valence-corrected chi connectivity index (χ3v) is 3.07. The Bertz CT molecular complexity index is 482. The van der Waals surface area contributed by atoms with Crippen molar-refractivity contribution in [3.05, 3.63) is 59.2 Å². The van der Waals surface area contributed by atoms with Crippen molar-refractivity contribution in [1.82, 2.24) is 0 Å². The Morgan fingerprint density at radius 2 is 1.43 bits per heavy atom. The van der Waals surface area contributed by atoms with E-state index in [9.17, 15) is 0 Å². The Labute approximate surface area is 136 Å². The van der Waals surface area contributed by atoms with Crippen LogP contribution in [0.25, 0.3) is 0 Å². The topological polar surface area (TPSA) is 26.0 Å². The fourth-order valence-corrected chi connectivity index (χ4v) is 1.65. The van der Waals surface area contributed by atoms with Gasteiger partial charge in [-0.1, -0.05) is 57.0 Å². The zero-order valence-corrected chi connectivity index (χ0v) is 14.9. The molecule has 2 heteroatoms. The molecule has 0 atom stereocenters. The average Bonchev–Trinajstić information content (AvgIpc) is 2.47. The Kier molecular flexibility index (Phi) is 10.5. The normalized spacial score (nSPS) is 9.05. The second kappa shape index (κ2) is 11.3. The Hall–Kier alpha value is -1.41. The highest BCUT2D eigenvalue weighted by molar-refractivity contribution is 7.80. The van der Waals surface area contributed by atoms with Crippen LogP contribution in [0.15, 0.2) is 47.4 Å². The minimum atomic E-state index is 0.886. The fraction of sp³-hybridized carbons (Fsp3) is 0.368. The fourth-order valence-electron chi connectivity index (χ4n) is 1.50. The monoisotopic (exact) mass is 303 g/mol. The van der Waals surface area contributed by atoms with Gasteiger partial charge in [-0.15, -0.1) is 12.6 Å². The van der Waals surface area contributed by atoms with E-state index in [-0.39, 0.29) is 0 Å². The molecule has 0 saturated heterocycles. The van der Waals surface area contributed by atoms with Gasteiger partial charge >= 0.3 is 0 Å². The number of nitrogens with two attached hydrogens (primary N) is 1. The van der Waals surface area contributed by atoms with Gasteiger partial charge in [-0.25, -0.2) is 0 Å². The predicted molar refractivity (Wildman–Crippen MR) is 99.4 cm³/mol. The maximum atomic E-state index is 5.64. The van der Waals surface area contributed by atoms with Crippen LogP contribution < -0.4 is 5.73 Å². The number of nitrogen functional groups attached to an aromatic ring is 1. The summed E-state index contributed by atoms with van der Waals surface area (Å²) in [6.07, 6.45) is 2.33. The molecule has 0 bridgehead atoms. The highest BCUT2D eigenvalue weighted by Crippen LogP contribution is 2.12. The van der Waals surface area contributed by atoms with Crippen LogP contribution in [0.5, 0.6) is 0 Å². The zero-order valence-electron chi connectivity index (χ0n) is 14.0. The number of hydrogen-bond acceptors (Lipinski definition) is 2. The summed E-state index contributed by atoms with van der Waals surface area (Å²) in [5.74, 6) is 0. The molecule has 0 aliphatic rings. The summed E-state index contributed by atoms with van der Waals surface area (Å²) in [6, 6.07) is 14.2. The molecule has 0 radical (unpaired) electrons. The summed E-state index contributed by atoms with van der Waals surface area (Å²) in [5.41, 5.74) is 10.3. The molecule has 0 aliphatic heterocycles. The Morgan fingerprint density at radius 1 is 0.905 bits per heavy atom. The SMILES string of the molecule is CCC.CCc1ccc(N)c(C)c1.Cc1ccc(S)cc1. The molecule has 2 rings (SSSR count). The van der Waals surface area contributed by atoms with Crippen LogP contribution in [-0.4, -0.2) is 0 Å². The van der Waals surface area contributed by atoms with E-state index in [1.165, 1.54) is 23.1 Å². The van der Waals surface area contributed by atoms with Crippen molar-refractivity contribution in [3.63, 3.8) is 0 Å². The molecular weight excluding hydrogens is 274 g/mol. The first kappa shape index (κ1) is 19.6. The third-order valence-electron chi connectivity index (χ3n) is 2.78. The minimum Gasteiger partial charge on any atom is -0.399 e. The highest BCUT2D eigenvalue weighted by atomic mass is 32.1. The molecule has 2 N–H and O–H groups in total. The Balaban J connectivity index is 0.000000327.